The fraction of sp³-hybridized carbons (Fsp3) is 0.417. The number of hydrazine groups is 1. The SMILES string of the molecule is CC(CNC(=O)c1cccc(NN)c1[N+](=O)[O-])N(C)C. The smallest absolute Gasteiger partial charge is 0.306 e. The topological polar surface area (TPSA) is 114 Å². The summed E-state index contributed by atoms with van der Waals surface area (Å²) >= 11 is 0. The van der Waals surface area contributed by atoms with Crippen LogP contribution in [0.15, 0.2) is 18.2 Å². The summed E-state index contributed by atoms with van der Waals surface area (Å²) in [6.07, 6.45) is 0. The van der Waals surface area contributed by atoms with Gasteiger partial charge in [-0.2, -0.15) is 0 Å². The zero-order chi connectivity index (χ0) is 15.3. The van der Waals surface area contributed by atoms with Crippen molar-refractivity contribution in [3.63, 3.8) is 0 Å². The number of amides is 1. The van der Waals surface area contributed by atoms with E-state index >= 15 is 0 Å². The molecule has 0 fully saturated rings. The van der Waals surface area contributed by atoms with E-state index < -0.39 is 10.8 Å². The van der Waals surface area contributed by atoms with Crippen LogP contribution in [0.1, 0.15) is 17.3 Å². The Morgan fingerprint density at radius 1 is 1.50 bits per heavy atom. The van der Waals surface area contributed by atoms with Crippen LogP contribution in [0.4, 0.5) is 11.4 Å². The lowest BCUT2D eigenvalue weighted by Crippen LogP contribution is -2.38. The normalized spacial score (nSPS) is 12.1. The van der Waals surface area contributed by atoms with Gasteiger partial charge in [-0.25, -0.2) is 0 Å². The summed E-state index contributed by atoms with van der Waals surface area (Å²) in [5.74, 6) is 4.73. The Labute approximate surface area is 117 Å². The minimum atomic E-state index is -0.626. The van der Waals surface area contributed by atoms with Gasteiger partial charge in [0, 0.05) is 12.6 Å². The van der Waals surface area contributed by atoms with Gasteiger partial charge in [0.25, 0.3) is 5.91 Å². The minimum absolute atomic E-state index is 0.0172. The number of hydrogen-bond acceptors (Lipinski definition) is 6. The number of nitrogen functional groups attached to an aromatic ring is 1. The van der Waals surface area contributed by atoms with E-state index in [-0.39, 0.29) is 23.0 Å². The highest BCUT2D eigenvalue weighted by Crippen LogP contribution is 2.27. The number of nitrogens with one attached hydrogen (secondary N) is 2. The van der Waals surface area contributed by atoms with Gasteiger partial charge in [0.15, 0.2) is 0 Å². The Morgan fingerprint density at radius 2 is 2.15 bits per heavy atom. The van der Waals surface area contributed by atoms with Crippen molar-refractivity contribution < 1.29 is 9.72 Å². The third-order valence-electron chi connectivity index (χ3n) is 3.06. The van der Waals surface area contributed by atoms with Crippen LogP contribution in [0.5, 0.6) is 0 Å². The standard InChI is InChI=1S/C12H19N5O3/c1-8(16(2)3)7-14-12(18)9-5-4-6-10(15-13)11(9)17(19)20/h4-6,8,15H,7,13H2,1-3H3,(H,14,18). The Hall–Kier alpha value is -2.19. The van der Waals surface area contributed by atoms with Crippen molar-refractivity contribution in [2.75, 3.05) is 26.1 Å². The molecule has 0 heterocycles. The fourth-order valence-electron chi connectivity index (χ4n) is 1.56. The molecule has 0 spiro atoms. The first-order chi connectivity index (χ1) is 9.38. The van der Waals surface area contributed by atoms with Crippen LogP contribution in [-0.2, 0) is 0 Å². The predicted octanol–water partition coefficient (Wildman–Crippen LogP) is 0.560. The molecule has 1 aromatic carbocycles. The van der Waals surface area contributed by atoms with Crippen LogP contribution in [0.2, 0.25) is 0 Å². The molecule has 0 radical (unpaired) electrons. The molecular weight excluding hydrogens is 262 g/mol. The lowest BCUT2D eigenvalue weighted by atomic mass is 10.1. The Kier molecular flexibility index (Phi) is 5.42. The quantitative estimate of drug-likeness (QED) is 0.399. The van der Waals surface area contributed by atoms with Gasteiger partial charge in [0.2, 0.25) is 0 Å². The molecule has 0 aliphatic carbocycles. The molecule has 4 N–H and O–H groups in total. The molecule has 0 saturated carbocycles. The predicted molar refractivity (Wildman–Crippen MR) is 76.4 cm³/mol. The zero-order valence-corrected chi connectivity index (χ0v) is 11.7. The van der Waals surface area contributed by atoms with Crippen molar-refractivity contribution in [2.45, 2.75) is 13.0 Å². The van der Waals surface area contributed by atoms with E-state index in [1.807, 2.05) is 25.9 Å². The second-order valence-corrected chi connectivity index (χ2v) is 4.63. The van der Waals surface area contributed by atoms with E-state index in [1.165, 1.54) is 18.2 Å². The number of carbonyl (C=O) groups excluding carboxylic acids is 1. The fourth-order valence-corrected chi connectivity index (χ4v) is 1.56. The van der Waals surface area contributed by atoms with E-state index in [2.05, 4.69) is 10.7 Å². The lowest BCUT2D eigenvalue weighted by Gasteiger charge is -2.20. The summed E-state index contributed by atoms with van der Waals surface area (Å²) in [7, 11) is 3.77. The molecule has 1 amide bonds. The van der Waals surface area contributed by atoms with Crippen molar-refractivity contribution in [2.24, 2.45) is 5.84 Å². The molecule has 8 nitrogen and oxygen atoms in total. The number of nitro benzene ring substituents is 1. The number of benzene rings is 1. The third kappa shape index (κ3) is 3.65. The zero-order valence-electron chi connectivity index (χ0n) is 11.7. The molecule has 20 heavy (non-hydrogen) atoms. The van der Waals surface area contributed by atoms with E-state index in [4.69, 9.17) is 5.84 Å². The van der Waals surface area contributed by atoms with Gasteiger partial charge >= 0.3 is 5.69 Å². The van der Waals surface area contributed by atoms with Gasteiger partial charge < -0.3 is 15.6 Å². The van der Waals surface area contributed by atoms with Crippen LogP contribution >= 0.6 is 0 Å². The minimum Gasteiger partial charge on any atom is -0.350 e. The highest BCUT2D eigenvalue weighted by atomic mass is 16.6. The summed E-state index contributed by atoms with van der Waals surface area (Å²) in [6, 6.07) is 4.49. The van der Waals surface area contributed by atoms with E-state index in [0.29, 0.717) is 6.54 Å². The Bertz CT molecular complexity index is 504. The molecule has 1 aromatic rings. The number of anilines is 1. The largest absolute Gasteiger partial charge is 0.350 e. The van der Waals surface area contributed by atoms with Gasteiger partial charge in [-0.1, -0.05) is 6.07 Å². The third-order valence-corrected chi connectivity index (χ3v) is 3.06. The Morgan fingerprint density at radius 3 is 2.65 bits per heavy atom. The van der Waals surface area contributed by atoms with Crippen molar-refractivity contribution >= 4 is 17.3 Å². The molecule has 1 rings (SSSR count). The van der Waals surface area contributed by atoms with Crippen molar-refractivity contribution in [1.29, 1.82) is 0 Å². The van der Waals surface area contributed by atoms with Gasteiger partial charge in [-0.05, 0) is 33.2 Å². The summed E-state index contributed by atoms with van der Waals surface area (Å²) in [5.41, 5.74) is 1.98. The first-order valence-corrected chi connectivity index (χ1v) is 6.07. The maximum Gasteiger partial charge on any atom is 0.306 e. The number of nitrogens with zero attached hydrogens (tertiary/aromatic N) is 2. The molecular formula is C12H19N5O3. The number of carbonyl (C=O) groups is 1. The van der Waals surface area contributed by atoms with Crippen LogP contribution in [-0.4, -0.2) is 42.4 Å². The summed E-state index contributed by atoms with van der Waals surface area (Å²) in [6.45, 7) is 2.33. The summed E-state index contributed by atoms with van der Waals surface area (Å²) in [4.78, 5) is 24.4. The van der Waals surface area contributed by atoms with Gasteiger partial charge in [-0.3, -0.25) is 20.8 Å². The van der Waals surface area contributed by atoms with Gasteiger partial charge in [0.05, 0.1) is 4.92 Å². The van der Waals surface area contributed by atoms with Crippen molar-refractivity contribution in [3.8, 4) is 0 Å². The molecule has 0 saturated heterocycles. The molecule has 8 heteroatoms. The number of rotatable bonds is 6. The second-order valence-electron chi connectivity index (χ2n) is 4.63. The molecule has 110 valence electrons. The summed E-state index contributed by atoms with van der Waals surface area (Å²) in [5, 5.41) is 13.7. The maximum atomic E-state index is 12.1. The van der Waals surface area contributed by atoms with E-state index in [1.54, 1.807) is 0 Å². The highest BCUT2D eigenvalue weighted by Gasteiger charge is 2.24. The first-order valence-electron chi connectivity index (χ1n) is 6.07. The molecule has 1 atom stereocenters. The molecule has 1 unspecified atom stereocenters. The number of nitro groups is 1. The van der Waals surface area contributed by atoms with Crippen molar-refractivity contribution in [1.82, 2.24) is 10.2 Å². The number of nitrogens with two attached hydrogens (primary N) is 1. The van der Waals surface area contributed by atoms with Crippen molar-refractivity contribution in [3.05, 3.63) is 33.9 Å². The number of hydrogen-bond donors (Lipinski definition) is 3. The van der Waals surface area contributed by atoms with Crippen LogP contribution in [0, 0.1) is 10.1 Å². The van der Waals surface area contributed by atoms with Crippen LogP contribution in [0.25, 0.3) is 0 Å². The monoisotopic (exact) mass is 281 g/mol. The van der Waals surface area contributed by atoms with Crippen LogP contribution in [0.3, 0.4) is 0 Å². The summed E-state index contributed by atoms with van der Waals surface area (Å²) < 4.78 is 0. The van der Waals surface area contributed by atoms with E-state index in [0.717, 1.165) is 0 Å². The molecule has 0 aliphatic heterocycles. The van der Waals surface area contributed by atoms with Gasteiger partial charge in [-0.15, -0.1) is 0 Å². The highest BCUT2D eigenvalue weighted by molar-refractivity contribution is 6.00. The molecule has 0 aliphatic rings. The first kappa shape index (κ1) is 15.9. The second kappa shape index (κ2) is 6.83. The molecule has 0 aromatic heterocycles. The average molecular weight is 281 g/mol. The van der Waals surface area contributed by atoms with Gasteiger partial charge in [0.1, 0.15) is 11.3 Å². The lowest BCUT2D eigenvalue weighted by molar-refractivity contribution is -0.384. The number of para-hydroxylation sites is 1. The average Bonchev–Trinajstić information content (AvgIpc) is 2.42. The van der Waals surface area contributed by atoms with E-state index in [9.17, 15) is 14.9 Å². The van der Waals surface area contributed by atoms with Crippen LogP contribution < -0.4 is 16.6 Å². The number of likely N-dealkylation sites (N-methyl/N-ethyl adjacent to an activating group) is 1. The maximum absolute atomic E-state index is 12.1. The molecule has 0 bridgehead atoms. The Balaban J connectivity index is 2.96.